The first-order valence-corrected chi connectivity index (χ1v) is 4.04. The van der Waals surface area contributed by atoms with E-state index in [2.05, 4.69) is 20.3 Å². The third-order valence-electron chi connectivity index (χ3n) is 2.11. The molecule has 1 rings (SSSR count). The highest BCUT2D eigenvalue weighted by Gasteiger charge is 2.11. The molecule has 0 spiro atoms. The van der Waals surface area contributed by atoms with E-state index in [1.54, 1.807) is 0 Å². The molecule has 0 saturated heterocycles. The van der Waals surface area contributed by atoms with Crippen LogP contribution in [0.1, 0.15) is 27.2 Å². The normalized spacial score (nSPS) is 19.1. The highest BCUT2D eigenvalue weighted by Crippen LogP contribution is 2.25. The van der Waals surface area contributed by atoms with Crippen LogP contribution in [0.25, 0.3) is 0 Å². The number of rotatable bonds is 1. The Morgan fingerprint density at radius 1 is 1.45 bits per heavy atom. The van der Waals surface area contributed by atoms with E-state index in [4.69, 9.17) is 0 Å². The van der Waals surface area contributed by atoms with Crippen molar-refractivity contribution in [2.24, 2.45) is 5.92 Å². The summed E-state index contributed by atoms with van der Waals surface area (Å²) in [5.74, 6) is 0.974. The van der Waals surface area contributed by atoms with E-state index in [-0.39, 0.29) is 0 Å². The van der Waals surface area contributed by atoms with Gasteiger partial charge in [-0.1, -0.05) is 19.4 Å². The van der Waals surface area contributed by atoms with Gasteiger partial charge in [0.05, 0.1) is 0 Å². The zero-order valence-electron chi connectivity index (χ0n) is 7.39. The minimum Gasteiger partial charge on any atom is -0.508 e. The fourth-order valence-electron chi connectivity index (χ4n) is 1.13. The van der Waals surface area contributed by atoms with Crippen LogP contribution in [0.5, 0.6) is 0 Å². The van der Waals surface area contributed by atoms with Gasteiger partial charge in [-0.15, -0.1) is 0 Å². The van der Waals surface area contributed by atoms with E-state index in [1.165, 1.54) is 5.57 Å². The predicted molar refractivity (Wildman–Crippen MR) is 47.2 cm³/mol. The van der Waals surface area contributed by atoms with Crippen LogP contribution in [0.3, 0.4) is 0 Å². The minimum atomic E-state index is 0.431. The van der Waals surface area contributed by atoms with Crippen molar-refractivity contribution in [1.82, 2.24) is 0 Å². The van der Waals surface area contributed by atoms with Crippen LogP contribution in [0.2, 0.25) is 0 Å². The first-order chi connectivity index (χ1) is 5.11. The predicted octanol–water partition coefficient (Wildman–Crippen LogP) is 3.01. The molecule has 0 saturated carbocycles. The van der Waals surface area contributed by atoms with E-state index < -0.39 is 0 Å². The van der Waals surface area contributed by atoms with Crippen molar-refractivity contribution in [3.05, 3.63) is 29.4 Å². The van der Waals surface area contributed by atoms with Crippen LogP contribution < -0.4 is 0 Å². The molecule has 1 aliphatic rings. The van der Waals surface area contributed by atoms with Gasteiger partial charge >= 0.3 is 0 Å². The Morgan fingerprint density at radius 2 is 2.09 bits per heavy atom. The summed E-state index contributed by atoms with van der Waals surface area (Å²) in [4.78, 5) is 0. The Balaban J connectivity index is 2.81. The second-order valence-electron chi connectivity index (χ2n) is 3.35. The molecule has 0 fully saturated rings. The molecule has 0 aliphatic heterocycles. The van der Waals surface area contributed by atoms with Crippen molar-refractivity contribution in [3.63, 3.8) is 0 Å². The molecule has 0 aromatic carbocycles. The summed E-state index contributed by atoms with van der Waals surface area (Å²) in [7, 11) is 0. The summed E-state index contributed by atoms with van der Waals surface area (Å²) in [6.45, 7) is 6.23. The fourth-order valence-corrected chi connectivity index (χ4v) is 1.13. The Bertz CT molecular complexity index is 209. The molecule has 0 heterocycles. The lowest BCUT2D eigenvalue weighted by Gasteiger charge is -2.16. The second kappa shape index (κ2) is 3.12. The first-order valence-electron chi connectivity index (χ1n) is 4.04. The van der Waals surface area contributed by atoms with Gasteiger partial charge in [0, 0.05) is 0 Å². The Kier molecular flexibility index (Phi) is 2.38. The first kappa shape index (κ1) is 8.38. The summed E-state index contributed by atoms with van der Waals surface area (Å²) in [6.07, 6.45) is 4.96. The van der Waals surface area contributed by atoms with Gasteiger partial charge in [-0.3, -0.25) is 0 Å². The molecule has 0 bridgehead atoms. The average molecular weight is 151 g/mol. The summed E-state index contributed by atoms with van der Waals surface area (Å²) in [5.41, 5.74) is 2.31. The van der Waals surface area contributed by atoms with Crippen LogP contribution in [0.15, 0.2) is 23.0 Å². The van der Waals surface area contributed by atoms with E-state index in [0.29, 0.717) is 11.7 Å². The Hall–Kier alpha value is -0.720. The van der Waals surface area contributed by atoms with Crippen molar-refractivity contribution in [1.29, 1.82) is 0 Å². The van der Waals surface area contributed by atoms with Crippen LogP contribution in [0, 0.1) is 12.3 Å². The van der Waals surface area contributed by atoms with Crippen LogP contribution >= 0.6 is 0 Å². The van der Waals surface area contributed by atoms with Gasteiger partial charge in [0.2, 0.25) is 0 Å². The van der Waals surface area contributed by atoms with Crippen LogP contribution in [-0.4, -0.2) is 5.11 Å². The SMILES string of the molecule is CC1=C(O)C=C(C(C)C)C[CH]1. The highest BCUT2D eigenvalue weighted by atomic mass is 16.3. The average Bonchev–Trinajstić information content (AvgIpc) is 1.94. The van der Waals surface area contributed by atoms with Gasteiger partial charge in [0.15, 0.2) is 0 Å². The van der Waals surface area contributed by atoms with Crippen LogP contribution in [0.4, 0.5) is 0 Å². The third kappa shape index (κ3) is 1.86. The van der Waals surface area contributed by atoms with E-state index in [1.807, 2.05) is 13.0 Å². The lowest BCUT2D eigenvalue weighted by Crippen LogP contribution is -2.02. The minimum absolute atomic E-state index is 0.431. The monoisotopic (exact) mass is 151 g/mol. The molecule has 1 aliphatic carbocycles. The summed E-state index contributed by atoms with van der Waals surface area (Å²) in [5, 5.41) is 9.37. The zero-order valence-corrected chi connectivity index (χ0v) is 7.39. The van der Waals surface area contributed by atoms with Gasteiger partial charge in [-0.05, 0) is 37.3 Å². The number of allylic oxidation sites excluding steroid dienone is 3. The molecule has 1 N–H and O–H groups in total. The van der Waals surface area contributed by atoms with Crippen molar-refractivity contribution in [2.75, 3.05) is 0 Å². The van der Waals surface area contributed by atoms with Gasteiger partial charge in [0.25, 0.3) is 0 Å². The molecule has 1 nitrogen and oxygen atoms in total. The van der Waals surface area contributed by atoms with Gasteiger partial charge in [-0.2, -0.15) is 0 Å². The molecule has 0 aromatic heterocycles. The smallest absolute Gasteiger partial charge is 0.114 e. The number of aliphatic hydroxyl groups excluding tert-OH is 1. The van der Waals surface area contributed by atoms with Gasteiger partial charge in [-0.25, -0.2) is 0 Å². The maximum absolute atomic E-state index is 9.37. The second-order valence-corrected chi connectivity index (χ2v) is 3.35. The van der Waals surface area contributed by atoms with E-state index in [9.17, 15) is 5.11 Å². The maximum Gasteiger partial charge on any atom is 0.114 e. The lowest BCUT2D eigenvalue weighted by molar-refractivity contribution is 0.421. The Morgan fingerprint density at radius 3 is 2.55 bits per heavy atom. The lowest BCUT2D eigenvalue weighted by atomic mass is 9.91. The highest BCUT2D eigenvalue weighted by molar-refractivity contribution is 5.34. The third-order valence-corrected chi connectivity index (χ3v) is 2.11. The molecule has 1 radical (unpaired) electrons. The number of aliphatic hydroxyl groups is 1. The molecule has 1 heteroatoms. The quantitative estimate of drug-likeness (QED) is 0.610. The van der Waals surface area contributed by atoms with Gasteiger partial charge < -0.3 is 5.11 Å². The maximum atomic E-state index is 9.37. The summed E-state index contributed by atoms with van der Waals surface area (Å²) < 4.78 is 0. The molecule has 0 amide bonds. The Labute approximate surface area is 68.4 Å². The molecule has 61 valence electrons. The molecule has 0 atom stereocenters. The largest absolute Gasteiger partial charge is 0.508 e. The van der Waals surface area contributed by atoms with E-state index >= 15 is 0 Å². The molecule has 0 aromatic rings. The van der Waals surface area contributed by atoms with Gasteiger partial charge in [0.1, 0.15) is 5.76 Å². The van der Waals surface area contributed by atoms with Crippen LogP contribution in [-0.2, 0) is 0 Å². The zero-order chi connectivity index (χ0) is 8.43. The molecular formula is C10H15O. The fraction of sp³-hybridized carbons (Fsp3) is 0.500. The molecule has 0 unspecified atom stereocenters. The van der Waals surface area contributed by atoms with E-state index in [0.717, 1.165) is 12.0 Å². The van der Waals surface area contributed by atoms with Crippen molar-refractivity contribution >= 4 is 0 Å². The van der Waals surface area contributed by atoms with Crippen molar-refractivity contribution in [3.8, 4) is 0 Å². The summed E-state index contributed by atoms with van der Waals surface area (Å²) in [6, 6.07) is 0. The van der Waals surface area contributed by atoms with Crippen molar-refractivity contribution in [2.45, 2.75) is 27.2 Å². The summed E-state index contributed by atoms with van der Waals surface area (Å²) >= 11 is 0. The topological polar surface area (TPSA) is 20.2 Å². The van der Waals surface area contributed by atoms with Crippen molar-refractivity contribution < 1.29 is 5.11 Å². The molecule has 11 heavy (non-hydrogen) atoms. The molecular weight excluding hydrogens is 136 g/mol. The standard InChI is InChI=1S/C10H15O/c1-7(2)9-5-4-8(3)10(11)6-9/h4,6-7,11H,5H2,1-3H3. The number of hydrogen-bond acceptors (Lipinski definition) is 1. The number of hydrogen-bond donors (Lipinski definition) is 1.